The van der Waals surface area contributed by atoms with Gasteiger partial charge in [0.15, 0.2) is 9.84 Å². The fourth-order valence-corrected chi connectivity index (χ4v) is 7.11. The Morgan fingerprint density at radius 1 is 1.25 bits per heavy atom. The van der Waals surface area contributed by atoms with E-state index in [1.54, 1.807) is 0 Å². The largest absolute Gasteiger partial charge is 0.352 e. The fraction of sp³-hybridized carbons (Fsp3) is 0.611. The quantitative estimate of drug-likeness (QED) is 0.731. The summed E-state index contributed by atoms with van der Waals surface area (Å²) in [6, 6.07) is 4.99. The zero-order chi connectivity index (χ0) is 20.4. The van der Waals surface area contributed by atoms with Crippen molar-refractivity contribution in [2.45, 2.75) is 43.0 Å². The average Bonchev–Trinajstić information content (AvgIpc) is 2.99. The van der Waals surface area contributed by atoms with Crippen molar-refractivity contribution in [2.75, 3.05) is 24.6 Å². The van der Waals surface area contributed by atoms with Crippen LogP contribution < -0.4 is 5.32 Å². The lowest BCUT2D eigenvalue weighted by molar-refractivity contribution is -0.122. The highest BCUT2D eigenvalue weighted by Gasteiger charge is 2.32. The molecule has 1 aromatic rings. The molecule has 0 bridgehead atoms. The minimum atomic E-state index is -3.90. The summed E-state index contributed by atoms with van der Waals surface area (Å²) < 4.78 is 63.6. The predicted octanol–water partition coefficient (Wildman–Crippen LogP) is 1.31. The van der Waals surface area contributed by atoms with Gasteiger partial charge in [0, 0.05) is 25.6 Å². The van der Waals surface area contributed by atoms with E-state index in [1.807, 2.05) is 0 Å². The maximum atomic E-state index is 13.9. The Labute approximate surface area is 165 Å². The molecule has 0 saturated carbocycles. The number of carbonyl (C=O) groups is 1. The maximum absolute atomic E-state index is 13.9. The number of sulfonamides is 1. The highest BCUT2D eigenvalue weighted by molar-refractivity contribution is 7.91. The number of nitrogens with one attached hydrogen (secondary N) is 1. The van der Waals surface area contributed by atoms with Gasteiger partial charge in [0.1, 0.15) is 10.7 Å². The van der Waals surface area contributed by atoms with Gasteiger partial charge in [0.25, 0.3) is 0 Å². The van der Waals surface area contributed by atoms with Gasteiger partial charge in [-0.3, -0.25) is 4.79 Å². The van der Waals surface area contributed by atoms with E-state index < -0.39 is 25.7 Å². The lowest BCUT2D eigenvalue weighted by Gasteiger charge is -2.32. The molecule has 2 aliphatic rings. The second-order valence-electron chi connectivity index (χ2n) is 7.51. The zero-order valence-electron chi connectivity index (χ0n) is 15.5. The monoisotopic (exact) mass is 432 g/mol. The summed E-state index contributed by atoms with van der Waals surface area (Å²) >= 11 is 0. The number of nitrogens with zero attached hydrogens (tertiary/aromatic N) is 1. The van der Waals surface area contributed by atoms with Gasteiger partial charge in [0.2, 0.25) is 15.9 Å². The summed E-state index contributed by atoms with van der Waals surface area (Å²) in [5.41, 5.74) is 0. The van der Waals surface area contributed by atoms with E-state index in [1.165, 1.54) is 22.5 Å². The second-order valence-corrected chi connectivity index (χ2v) is 11.6. The Morgan fingerprint density at radius 2 is 2.00 bits per heavy atom. The Bertz CT molecular complexity index is 933. The SMILES string of the molecule is O=C(CCC1CCCN(S(=O)(=O)c2ccccc2F)C1)NC1CCS(=O)(=O)C1. The van der Waals surface area contributed by atoms with Gasteiger partial charge in [-0.1, -0.05) is 12.1 Å². The summed E-state index contributed by atoms with van der Waals surface area (Å²) in [5, 5.41) is 2.75. The molecule has 28 heavy (non-hydrogen) atoms. The van der Waals surface area contributed by atoms with Crippen molar-refractivity contribution in [3.8, 4) is 0 Å². The smallest absolute Gasteiger partial charge is 0.245 e. The third-order valence-electron chi connectivity index (χ3n) is 5.31. The van der Waals surface area contributed by atoms with Crippen molar-refractivity contribution >= 4 is 25.8 Å². The third-order valence-corrected chi connectivity index (χ3v) is 8.98. The summed E-state index contributed by atoms with van der Waals surface area (Å²) in [6.07, 6.45) is 2.62. The van der Waals surface area contributed by atoms with Crippen LogP contribution in [0.5, 0.6) is 0 Å². The first-order valence-corrected chi connectivity index (χ1v) is 12.7. The molecule has 3 rings (SSSR count). The van der Waals surface area contributed by atoms with E-state index in [4.69, 9.17) is 0 Å². The summed E-state index contributed by atoms with van der Waals surface area (Å²) in [5.74, 6) is -0.889. The number of hydrogen-bond donors (Lipinski definition) is 1. The molecule has 1 amide bonds. The first kappa shape index (κ1) is 21.2. The topological polar surface area (TPSA) is 101 Å². The fourth-order valence-electron chi connectivity index (χ4n) is 3.82. The molecule has 0 spiro atoms. The van der Waals surface area contributed by atoms with Gasteiger partial charge < -0.3 is 5.32 Å². The number of benzene rings is 1. The predicted molar refractivity (Wildman–Crippen MR) is 102 cm³/mol. The number of rotatable bonds is 6. The minimum absolute atomic E-state index is 0.00774. The minimum Gasteiger partial charge on any atom is -0.352 e. The molecule has 1 aromatic carbocycles. The van der Waals surface area contributed by atoms with Gasteiger partial charge in [-0.15, -0.1) is 0 Å². The van der Waals surface area contributed by atoms with Gasteiger partial charge in [0.05, 0.1) is 11.5 Å². The third kappa shape index (κ3) is 5.09. The van der Waals surface area contributed by atoms with Crippen LogP contribution in [0.15, 0.2) is 29.2 Å². The highest BCUT2D eigenvalue weighted by atomic mass is 32.2. The average molecular weight is 433 g/mol. The number of hydrogen-bond acceptors (Lipinski definition) is 5. The van der Waals surface area contributed by atoms with Crippen molar-refractivity contribution in [3.63, 3.8) is 0 Å². The number of amides is 1. The van der Waals surface area contributed by atoms with Crippen molar-refractivity contribution in [2.24, 2.45) is 5.92 Å². The lowest BCUT2D eigenvalue weighted by atomic mass is 9.94. The molecule has 10 heteroatoms. The summed E-state index contributed by atoms with van der Waals surface area (Å²) in [6.45, 7) is 0.584. The van der Waals surface area contributed by atoms with Crippen LogP contribution in [0.3, 0.4) is 0 Å². The summed E-state index contributed by atoms with van der Waals surface area (Å²) in [4.78, 5) is 11.8. The standard InChI is InChI=1S/C18H25FN2O5S2/c19-16-5-1-2-6-17(16)28(25,26)21-10-3-4-14(12-21)7-8-18(22)20-15-9-11-27(23,24)13-15/h1-2,5-6,14-15H,3-4,7-13H2,(H,20,22). The second kappa shape index (κ2) is 8.46. The molecule has 2 unspecified atom stereocenters. The number of piperidine rings is 1. The van der Waals surface area contributed by atoms with Gasteiger partial charge in [-0.2, -0.15) is 4.31 Å². The van der Waals surface area contributed by atoms with Crippen molar-refractivity contribution in [1.82, 2.24) is 9.62 Å². The van der Waals surface area contributed by atoms with Crippen molar-refractivity contribution in [3.05, 3.63) is 30.1 Å². The number of carbonyl (C=O) groups excluding carboxylic acids is 1. The van der Waals surface area contributed by atoms with Crippen LogP contribution in [-0.2, 0) is 24.7 Å². The van der Waals surface area contributed by atoms with E-state index in [-0.39, 0.29) is 47.2 Å². The Balaban J connectivity index is 1.54. The van der Waals surface area contributed by atoms with Crippen LogP contribution in [0.2, 0.25) is 0 Å². The molecule has 2 fully saturated rings. The van der Waals surface area contributed by atoms with Gasteiger partial charge in [-0.05, 0) is 43.7 Å². The molecule has 0 aliphatic carbocycles. The maximum Gasteiger partial charge on any atom is 0.245 e. The van der Waals surface area contributed by atoms with Crippen molar-refractivity contribution < 1.29 is 26.0 Å². The molecule has 156 valence electrons. The van der Waals surface area contributed by atoms with E-state index in [0.717, 1.165) is 12.5 Å². The molecular weight excluding hydrogens is 407 g/mol. The molecule has 1 N–H and O–H groups in total. The first-order chi connectivity index (χ1) is 13.2. The van der Waals surface area contributed by atoms with Crippen LogP contribution >= 0.6 is 0 Å². The van der Waals surface area contributed by atoms with Crippen LogP contribution in [0.4, 0.5) is 4.39 Å². The van der Waals surface area contributed by atoms with E-state index in [9.17, 15) is 26.0 Å². The Kier molecular flexibility index (Phi) is 6.41. The van der Waals surface area contributed by atoms with Crippen molar-refractivity contribution in [1.29, 1.82) is 0 Å². The van der Waals surface area contributed by atoms with E-state index in [2.05, 4.69) is 5.32 Å². The van der Waals surface area contributed by atoms with Gasteiger partial charge in [-0.25, -0.2) is 21.2 Å². The van der Waals surface area contributed by atoms with E-state index in [0.29, 0.717) is 25.8 Å². The normalized spacial score (nSPS) is 25.5. The van der Waals surface area contributed by atoms with Crippen LogP contribution in [0.25, 0.3) is 0 Å². The molecule has 2 heterocycles. The molecule has 2 atom stereocenters. The molecule has 7 nitrogen and oxygen atoms in total. The van der Waals surface area contributed by atoms with Crippen LogP contribution in [0, 0.1) is 11.7 Å². The first-order valence-electron chi connectivity index (χ1n) is 9.42. The summed E-state index contributed by atoms with van der Waals surface area (Å²) in [7, 11) is -6.95. The molecule has 0 aromatic heterocycles. The van der Waals surface area contributed by atoms with Crippen LogP contribution in [0.1, 0.15) is 32.1 Å². The lowest BCUT2D eigenvalue weighted by Crippen LogP contribution is -2.41. The van der Waals surface area contributed by atoms with Gasteiger partial charge >= 0.3 is 0 Å². The molecule has 2 saturated heterocycles. The van der Waals surface area contributed by atoms with E-state index >= 15 is 0 Å². The number of halogens is 1. The number of sulfone groups is 1. The molecule has 0 radical (unpaired) electrons. The van der Waals surface area contributed by atoms with Crippen LogP contribution in [-0.4, -0.2) is 57.7 Å². The Hall–Kier alpha value is -1.52. The molecular formula is C18H25FN2O5S2. The highest BCUT2D eigenvalue weighted by Crippen LogP contribution is 2.27. The molecule has 2 aliphatic heterocycles. The Morgan fingerprint density at radius 3 is 2.68 bits per heavy atom. The zero-order valence-corrected chi connectivity index (χ0v) is 17.1.